The highest BCUT2D eigenvalue weighted by molar-refractivity contribution is 6.30. The number of aryl methyl sites for hydroxylation is 1. The molecule has 1 saturated heterocycles. The van der Waals surface area contributed by atoms with Crippen LogP contribution in [0.25, 0.3) is 0 Å². The molecule has 2 heterocycles. The Labute approximate surface area is 145 Å². The molecule has 1 aliphatic rings. The normalized spacial score (nSPS) is 17.4. The first-order valence-electron chi connectivity index (χ1n) is 7.88. The van der Waals surface area contributed by atoms with Gasteiger partial charge >= 0.3 is 6.03 Å². The van der Waals surface area contributed by atoms with Gasteiger partial charge in [-0.3, -0.25) is 0 Å². The number of urea groups is 1. The molecule has 126 valence electrons. The van der Waals surface area contributed by atoms with Gasteiger partial charge < -0.3 is 15.0 Å². The van der Waals surface area contributed by atoms with Crippen LogP contribution in [0.3, 0.4) is 0 Å². The van der Waals surface area contributed by atoms with Crippen molar-refractivity contribution < 1.29 is 9.53 Å². The van der Waals surface area contributed by atoms with Gasteiger partial charge in [-0.2, -0.15) is 4.98 Å². The van der Waals surface area contributed by atoms with E-state index >= 15 is 0 Å². The van der Waals surface area contributed by atoms with Gasteiger partial charge in [0.2, 0.25) is 5.88 Å². The Morgan fingerprint density at radius 2 is 2.12 bits per heavy atom. The van der Waals surface area contributed by atoms with E-state index in [0.29, 0.717) is 29.8 Å². The number of hydrogen-bond acceptors (Lipinski definition) is 4. The standard InChI is InChI=1S/C17H19ClN4O2/c1-12-19-9-8-16(20-12)24-15-3-2-10-22(11-15)17(23)21-14-6-4-13(18)5-7-14/h4-9,15H,2-3,10-11H2,1H3,(H,21,23). The fourth-order valence-corrected chi connectivity index (χ4v) is 2.75. The number of carbonyl (C=O) groups is 1. The summed E-state index contributed by atoms with van der Waals surface area (Å²) in [6.45, 7) is 3.06. The molecule has 7 heteroatoms. The van der Waals surface area contributed by atoms with Crippen molar-refractivity contribution in [2.75, 3.05) is 18.4 Å². The second-order valence-corrected chi connectivity index (χ2v) is 6.14. The molecule has 1 aromatic heterocycles. The fourth-order valence-electron chi connectivity index (χ4n) is 2.63. The largest absolute Gasteiger partial charge is 0.472 e. The fraction of sp³-hybridized carbons (Fsp3) is 0.353. The zero-order valence-electron chi connectivity index (χ0n) is 13.4. The van der Waals surface area contributed by atoms with Gasteiger partial charge in [-0.25, -0.2) is 9.78 Å². The van der Waals surface area contributed by atoms with Crippen molar-refractivity contribution in [2.45, 2.75) is 25.9 Å². The molecule has 0 spiro atoms. The van der Waals surface area contributed by atoms with E-state index in [4.69, 9.17) is 16.3 Å². The van der Waals surface area contributed by atoms with Crippen molar-refractivity contribution in [3.05, 3.63) is 47.4 Å². The Kier molecular flexibility index (Phi) is 5.15. The first-order chi connectivity index (χ1) is 11.6. The quantitative estimate of drug-likeness (QED) is 0.923. The molecule has 1 aromatic carbocycles. The van der Waals surface area contributed by atoms with Crippen molar-refractivity contribution in [1.82, 2.24) is 14.9 Å². The summed E-state index contributed by atoms with van der Waals surface area (Å²) < 4.78 is 5.89. The number of amides is 2. The molecule has 0 bridgehead atoms. The maximum absolute atomic E-state index is 12.4. The van der Waals surface area contributed by atoms with Crippen LogP contribution >= 0.6 is 11.6 Å². The molecule has 2 aromatic rings. The number of halogens is 1. The SMILES string of the molecule is Cc1nccc(OC2CCCN(C(=O)Nc3ccc(Cl)cc3)C2)n1. The Balaban J connectivity index is 1.58. The number of piperidine rings is 1. The summed E-state index contributed by atoms with van der Waals surface area (Å²) in [7, 11) is 0. The van der Waals surface area contributed by atoms with Gasteiger partial charge in [0.25, 0.3) is 0 Å². The highest BCUT2D eigenvalue weighted by atomic mass is 35.5. The van der Waals surface area contributed by atoms with E-state index < -0.39 is 0 Å². The van der Waals surface area contributed by atoms with Crippen LogP contribution in [-0.2, 0) is 0 Å². The molecule has 1 fully saturated rings. The number of ether oxygens (including phenoxy) is 1. The molecule has 0 aliphatic carbocycles. The molecule has 1 unspecified atom stereocenters. The Hall–Kier alpha value is -2.34. The number of nitrogens with one attached hydrogen (secondary N) is 1. The average Bonchev–Trinajstić information content (AvgIpc) is 2.57. The Morgan fingerprint density at radius 1 is 1.33 bits per heavy atom. The van der Waals surface area contributed by atoms with Gasteiger partial charge in [0.05, 0.1) is 6.54 Å². The van der Waals surface area contributed by atoms with E-state index in [1.165, 1.54) is 0 Å². The number of rotatable bonds is 3. The summed E-state index contributed by atoms with van der Waals surface area (Å²) in [5, 5.41) is 3.52. The number of benzene rings is 1. The molecule has 0 saturated carbocycles. The van der Waals surface area contributed by atoms with E-state index in [9.17, 15) is 4.79 Å². The minimum Gasteiger partial charge on any atom is -0.472 e. The zero-order chi connectivity index (χ0) is 16.9. The molecular weight excluding hydrogens is 328 g/mol. The third-order valence-electron chi connectivity index (χ3n) is 3.80. The lowest BCUT2D eigenvalue weighted by molar-refractivity contribution is 0.102. The minimum absolute atomic E-state index is 0.0657. The van der Waals surface area contributed by atoms with Crippen LogP contribution < -0.4 is 10.1 Å². The van der Waals surface area contributed by atoms with Gasteiger partial charge in [-0.1, -0.05) is 11.6 Å². The van der Waals surface area contributed by atoms with Crippen LogP contribution in [-0.4, -0.2) is 40.1 Å². The van der Waals surface area contributed by atoms with Gasteiger partial charge in [-0.05, 0) is 44.0 Å². The predicted octanol–water partition coefficient (Wildman–Crippen LogP) is 3.51. The summed E-state index contributed by atoms with van der Waals surface area (Å²) in [4.78, 5) is 22.5. The lowest BCUT2D eigenvalue weighted by atomic mass is 10.1. The van der Waals surface area contributed by atoms with Crippen molar-refractivity contribution in [3.8, 4) is 5.88 Å². The summed E-state index contributed by atoms with van der Waals surface area (Å²) in [5.41, 5.74) is 0.721. The van der Waals surface area contributed by atoms with Crippen molar-refractivity contribution in [2.24, 2.45) is 0 Å². The maximum atomic E-state index is 12.4. The lowest BCUT2D eigenvalue weighted by Crippen LogP contribution is -2.46. The number of likely N-dealkylation sites (tertiary alicyclic amines) is 1. The van der Waals surface area contributed by atoms with Crippen molar-refractivity contribution in [3.63, 3.8) is 0 Å². The minimum atomic E-state index is -0.135. The van der Waals surface area contributed by atoms with Crippen LogP contribution in [0.15, 0.2) is 36.5 Å². The van der Waals surface area contributed by atoms with E-state index in [1.54, 1.807) is 41.4 Å². The van der Waals surface area contributed by atoms with E-state index in [1.807, 2.05) is 6.92 Å². The summed E-state index contributed by atoms with van der Waals surface area (Å²) in [6, 6.07) is 8.65. The lowest BCUT2D eigenvalue weighted by Gasteiger charge is -2.32. The maximum Gasteiger partial charge on any atom is 0.321 e. The van der Waals surface area contributed by atoms with Crippen molar-refractivity contribution >= 4 is 23.3 Å². The van der Waals surface area contributed by atoms with Crippen LogP contribution in [0.2, 0.25) is 5.02 Å². The van der Waals surface area contributed by atoms with Crippen LogP contribution in [0.5, 0.6) is 5.88 Å². The van der Waals surface area contributed by atoms with Gasteiger partial charge in [0, 0.05) is 29.5 Å². The molecule has 1 aliphatic heterocycles. The van der Waals surface area contributed by atoms with Crippen LogP contribution in [0.4, 0.5) is 10.5 Å². The number of hydrogen-bond donors (Lipinski definition) is 1. The number of aromatic nitrogens is 2. The van der Waals surface area contributed by atoms with E-state index in [0.717, 1.165) is 18.5 Å². The molecule has 24 heavy (non-hydrogen) atoms. The van der Waals surface area contributed by atoms with E-state index in [-0.39, 0.29) is 12.1 Å². The average molecular weight is 347 g/mol. The molecule has 2 amide bonds. The third kappa shape index (κ3) is 4.35. The third-order valence-corrected chi connectivity index (χ3v) is 4.05. The molecule has 1 N–H and O–H groups in total. The highest BCUT2D eigenvalue weighted by Crippen LogP contribution is 2.18. The molecule has 0 radical (unpaired) electrons. The van der Waals surface area contributed by atoms with Crippen LogP contribution in [0, 0.1) is 6.92 Å². The smallest absolute Gasteiger partial charge is 0.321 e. The first-order valence-corrected chi connectivity index (χ1v) is 8.26. The summed E-state index contributed by atoms with van der Waals surface area (Å²) in [5.74, 6) is 1.22. The molecule has 3 rings (SSSR count). The van der Waals surface area contributed by atoms with Crippen molar-refractivity contribution in [1.29, 1.82) is 0 Å². The highest BCUT2D eigenvalue weighted by Gasteiger charge is 2.25. The molecule has 6 nitrogen and oxygen atoms in total. The second-order valence-electron chi connectivity index (χ2n) is 5.71. The first kappa shape index (κ1) is 16.5. The number of nitrogens with zero attached hydrogens (tertiary/aromatic N) is 3. The summed E-state index contributed by atoms with van der Waals surface area (Å²) >= 11 is 5.85. The van der Waals surface area contributed by atoms with Gasteiger partial charge in [-0.15, -0.1) is 0 Å². The molecular formula is C17H19ClN4O2. The van der Waals surface area contributed by atoms with E-state index in [2.05, 4.69) is 15.3 Å². The topological polar surface area (TPSA) is 67.3 Å². The molecule has 1 atom stereocenters. The summed E-state index contributed by atoms with van der Waals surface area (Å²) in [6.07, 6.45) is 3.39. The predicted molar refractivity (Wildman–Crippen MR) is 92.5 cm³/mol. The van der Waals surface area contributed by atoms with Crippen LogP contribution in [0.1, 0.15) is 18.7 Å². The number of carbonyl (C=O) groups excluding carboxylic acids is 1. The van der Waals surface area contributed by atoms with Gasteiger partial charge in [0.1, 0.15) is 11.9 Å². The Bertz CT molecular complexity index is 708. The zero-order valence-corrected chi connectivity index (χ0v) is 14.2. The second kappa shape index (κ2) is 7.49. The number of anilines is 1. The Morgan fingerprint density at radius 3 is 2.88 bits per heavy atom. The van der Waals surface area contributed by atoms with Gasteiger partial charge in [0.15, 0.2) is 0 Å². The monoisotopic (exact) mass is 346 g/mol.